The van der Waals surface area contributed by atoms with E-state index in [0.29, 0.717) is 18.0 Å². The number of pyridine rings is 1. The van der Waals surface area contributed by atoms with E-state index >= 15 is 0 Å². The topological polar surface area (TPSA) is 104 Å². The van der Waals surface area contributed by atoms with Crippen LogP contribution in [0.25, 0.3) is 11.7 Å². The Kier molecular flexibility index (Phi) is 6.14. The van der Waals surface area contributed by atoms with Crippen molar-refractivity contribution in [1.82, 2.24) is 14.3 Å². The molecule has 1 aliphatic rings. The zero-order valence-corrected chi connectivity index (χ0v) is 17.2. The third kappa shape index (κ3) is 4.22. The monoisotopic (exact) mass is 430 g/mol. The largest absolute Gasteiger partial charge is 0.481 e. The van der Waals surface area contributed by atoms with Crippen molar-refractivity contribution < 1.29 is 14.7 Å². The first-order chi connectivity index (χ1) is 13.8. The molecule has 150 valence electrons. The number of carboxylic acids is 1. The van der Waals surface area contributed by atoms with Gasteiger partial charge in [-0.25, -0.2) is 4.98 Å². The van der Waals surface area contributed by atoms with Crippen molar-refractivity contribution in [2.75, 3.05) is 18.4 Å². The van der Waals surface area contributed by atoms with E-state index in [1.54, 1.807) is 18.3 Å². The van der Waals surface area contributed by atoms with Crippen molar-refractivity contribution in [3.05, 3.63) is 57.4 Å². The summed E-state index contributed by atoms with van der Waals surface area (Å²) in [6.07, 6.45) is 4.49. The molecule has 2 aromatic heterocycles. The van der Waals surface area contributed by atoms with Crippen LogP contribution < -0.4 is 10.9 Å². The lowest BCUT2D eigenvalue weighted by Crippen LogP contribution is -2.30. The van der Waals surface area contributed by atoms with Crippen LogP contribution in [0.2, 0.25) is 0 Å². The van der Waals surface area contributed by atoms with E-state index in [1.807, 2.05) is 13.0 Å². The number of nitrogens with one attached hydrogen (secondary N) is 1. The van der Waals surface area contributed by atoms with Crippen LogP contribution in [0.1, 0.15) is 17.5 Å². The summed E-state index contributed by atoms with van der Waals surface area (Å²) in [5.41, 5.74) is 1.22. The molecule has 0 unspecified atom stereocenters. The number of carbonyl (C=O) groups excluding carboxylic acids is 1. The molecule has 1 saturated heterocycles. The summed E-state index contributed by atoms with van der Waals surface area (Å²) in [5, 5.41) is 11.9. The van der Waals surface area contributed by atoms with Gasteiger partial charge in [0.1, 0.15) is 15.8 Å². The van der Waals surface area contributed by atoms with Gasteiger partial charge in [0.05, 0.1) is 16.9 Å². The van der Waals surface area contributed by atoms with Crippen LogP contribution in [0.5, 0.6) is 0 Å². The van der Waals surface area contributed by atoms with Crippen molar-refractivity contribution in [2.24, 2.45) is 0 Å². The molecule has 0 spiro atoms. The molecule has 0 saturated carbocycles. The number of carbonyl (C=O) groups is 2. The lowest BCUT2D eigenvalue weighted by molar-refractivity contribution is -0.137. The minimum atomic E-state index is -1.02. The SMILES string of the molecule is C=CCNc1nc2c(C)cccn2c(=O)c1C=C1SC(=S)N(CCC(=O)O)C1=O. The van der Waals surface area contributed by atoms with E-state index in [-0.39, 0.29) is 33.3 Å². The number of anilines is 1. The molecule has 0 bridgehead atoms. The molecule has 3 rings (SSSR count). The quantitative estimate of drug-likeness (QED) is 0.392. The minimum absolute atomic E-state index is 0.0208. The first kappa shape index (κ1) is 20.7. The molecule has 10 heteroatoms. The number of nitrogens with zero attached hydrogens (tertiary/aromatic N) is 3. The highest BCUT2D eigenvalue weighted by atomic mass is 32.2. The fourth-order valence-electron chi connectivity index (χ4n) is 2.78. The lowest BCUT2D eigenvalue weighted by atomic mass is 10.2. The Morgan fingerprint density at radius 2 is 2.21 bits per heavy atom. The summed E-state index contributed by atoms with van der Waals surface area (Å²) in [6, 6.07) is 3.60. The molecule has 1 aliphatic heterocycles. The van der Waals surface area contributed by atoms with Crippen LogP contribution in [0.3, 0.4) is 0 Å². The van der Waals surface area contributed by atoms with Crippen LogP contribution in [0.15, 0.2) is 40.7 Å². The molecule has 3 heterocycles. The second-order valence-electron chi connectivity index (χ2n) is 6.21. The number of carboxylic acid groups (broad SMARTS) is 1. The zero-order valence-electron chi connectivity index (χ0n) is 15.5. The molecule has 0 aromatic carbocycles. The maximum Gasteiger partial charge on any atom is 0.305 e. The first-order valence-corrected chi connectivity index (χ1v) is 9.90. The third-order valence-electron chi connectivity index (χ3n) is 4.20. The summed E-state index contributed by atoms with van der Waals surface area (Å²) in [4.78, 5) is 42.6. The average molecular weight is 431 g/mol. The van der Waals surface area contributed by atoms with Gasteiger partial charge in [-0.1, -0.05) is 36.1 Å². The molecular weight excluding hydrogens is 412 g/mol. The predicted octanol–water partition coefficient (Wildman–Crippen LogP) is 2.28. The zero-order chi connectivity index (χ0) is 21.1. The molecule has 1 fully saturated rings. The van der Waals surface area contributed by atoms with Gasteiger partial charge in [0.25, 0.3) is 11.5 Å². The number of aryl methyl sites for hydroxylation is 1. The van der Waals surface area contributed by atoms with Gasteiger partial charge >= 0.3 is 5.97 Å². The van der Waals surface area contributed by atoms with Crippen molar-refractivity contribution >= 4 is 57.7 Å². The first-order valence-electron chi connectivity index (χ1n) is 8.67. The smallest absolute Gasteiger partial charge is 0.305 e. The van der Waals surface area contributed by atoms with Gasteiger partial charge in [0, 0.05) is 19.3 Å². The Hall–Kier alpha value is -2.98. The molecular formula is C19H18N4O4S2. The lowest BCUT2D eigenvalue weighted by Gasteiger charge is -2.12. The van der Waals surface area contributed by atoms with E-state index in [9.17, 15) is 14.4 Å². The molecule has 8 nitrogen and oxygen atoms in total. The number of hydrogen-bond donors (Lipinski definition) is 2. The van der Waals surface area contributed by atoms with Crippen molar-refractivity contribution in [2.45, 2.75) is 13.3 Å². The Morgan fingerprint density at radius 1 is 1.45 bits per heavy atom. The van der Waals surface area contributed by atoms with Crippen LogP contribution in [0, 0.1) is 6.92 Å². The van der Waals surface area contributed by atoms with Crippen LogP contribution in [-0.2, 0) is 9.59 Å². The van der Waals surface area contributed by atoms with Gasteiger partial charge in [-0.2, -0.15) is 0 Å². The van der Waals surface area contributed by atoms with Crippen LogP contribution in [-0.4, -0.2) is 48.7 Å². The normalized spacial score (nSPS) is 15.3. The van der Waals surface area contributed by atoms with Gasteiger partial charge < -0.3 is 10.4 Å². The standard InChI is InChI=1S/C19H18N4O4S2/c1-3-7-20-15-12(17(26)22-8-4-5-11(2)16(22)21-15)10-13-18(27)23(19(28)29-13)9-6-14(24)25/h3-5,8,10,20H,1,6-7,9H2,2H3,(H,24,25). The molecule has 29 heavy (non-hydrogen) atoms. The molecule has 2 N–H and O–H groups in total. The second kappa shape index (κ2) is 8.58. The van der Waals surface area contributed by atoms with E-state index < -0.39 is 11.9 Å². The Bertz CT molecular complexity index is 1120. The fraction of sp³-hybridized carbons (Fsp3) is 0.211. The van der Waals surface area contributed by atoms with E-state index in [1.165, 1.54) is 15.4 Å². The number of fused-ring (bicyclic) bond motifs is 1. The molecule has 2 aromatic rings. The van der Waals surface area contributed by atoms with Gasteiger partial charge in [0.15, 0.2) is 0 Å². The minimum Gasteiger partial charge on any atom is -0.481 e. The maximum absolute atomic E-state index is 13.1. The number of thioether (sulfide) groups is 1. The highest BCUT2D eigenvalue weighted by Gasteiger charge is 2.32. The summed E-state index contributed by atoms with van der Waals surface area (Å²) < 4.78 is 1.68. The van der Waals surface area contributed by atoms with Gasteiger partial charge in [-0.05, 0) is 24.6 Å². The molecule has 0 atom stereocenters. The molecule has 0 radical (unpaired) electrons. The molecule has 1 amide bonds. The maximum atomic E-state index is 13.1. The number of rotatable bonds is 7. The highest BCUT2D eigenvalue weighted by Crippen LogP contribution is 2.33. The van der Waals surface area contributed by atoms with Gasteiger partial charge in [-0.3, -0.25) is 23.7 Å². The average Bonchev–Trinajstić information content (AvgIpc) is 2.94. The number of aromatic nitrogens is 2. The second-order valence-corrected chi connectivity index (χ2v) is 7.89. The summed E-state index contributed by atoms with van der Waals surface area (Å²) in [7, 11) is 0. The van der Waals surface area contributed by atoms with Crippen molar-refractivity contribution in [1.29, 1.82) is 0 Å². The third-order valence-corrected chi connectivity index (χ3v) is 5.57. The fourth-order valence-corrected chi connectivity index (χ4v) is 4.07. The Morgan fingerprint density at radius 3 is 2.90 bits per heavy atom. The number of hydrogen-bond acceptors (Lipinski definition) is 7. The van der Waals surface area contributed by atoms with Gasteiger partial charge in [-0.15, -0.1) is 6.58 Å². The number of aliphatic carboxylic acids is 1. The number of amides is 1. The van der Waals surface area contributed by atoms with Crippen LogP contribution >= 0.6 is 24.0 Å². The van der Waals surface area contributed by atoms with E-state index in [4.69, 9.17) is 17.3 Å². The van der Waals surface area contributed by atoms with E-state index in [2.05, 4.69) is 16.9 Å². The van der Waals surface area contributed by atoms with Crippen LogP contribution in [0.4, 0.5) is 5.82 Å². The Balaban J connectivity index is 2.09. The predicted molar refractivity (Wildman–Crippen MR) is 117 cm³/mol. The van der Waals surface area contributed by atoms with Crippen molar-refractivity contribution in [3.8, 4) is 0 Å². The van der Waals surface area contributed by atoms with Gasteiger partial charge in [0.2, 0.25) is 0 Å². The van der Waals surface area contributed by atoms with E-state index in [0.717, 1.165) is 17.3 Å². The Labute approximate surface area is 175 Å². The molecule has 0 aliphatic carbocycles. The summed E-state index contributed by atoms with van der Waals surface area (Å²) in [5.74, 6) is -1.11. The highest BCUT2D eigenvalue weighted by molar-refractivity contribution is 8.26. The summed E-state index contributed by atoms with van der Waals surface area (Å²) >= 11 is 6.23. The van der Waals surface area contributed by atoms with Crippen molar-refractivity contribution in [3.63, 3.8) is 0 Å². The number of thiocarbonyl (C=S) groups is 1. The summed E-state index contributed by atoms with van der Waals surface area (Å²) in [6.45, 7) is 5.88.